The van der Waals surface area contributed by atoms with Gasteiger partial charge in [0.05, 0.1) is 17.6 Å². The molecule has 6 nitrogen and oxygen atoms in total. The van der Waals surface area contributed by atoms with Crippen molar-refractivity contribution in [2.24, 2.45) is 5.92 Å². The first-order valence-electron chi connectivity index (χ1n) is 6.69. The van der Waals surface area contributed by atoms with Gasteiger partial charge in [-0.15, -0.1) is 0 Å². The summed E-state index contributed by atoms with van der Waals surface area (Å²) in [7, 11) is 0. The lowest BCUT2D eigenvalue weighted by molar-refractivity contribution is -0.386. The smallest absolute Gasteiger partial charge is 0.312 e. The molecule has 1 aromatic rings. The van der Waals surface area contributed by atoms with E-state index in [0.29, 0.717) is 29.2 Å². The van der Waals surface area contributed by atoms with Gasteiger partial charge in [-0.1, -0.05) is 29.8 Å². The van der Waals surface area contributed by atoms with Crippen molar-refractivity contribution in [2.75, 3.05) is 19.8 Å². The molecular formula is C14H20BrNO5. The molecule has 1 unspecified atom stereocenters. The number of rotatable bonds is 8. The number of ether oxygens (including phenoxy) is 2. The Hall–Kier alpha value is -1.18. The highest BCUT2D eigenvalue weighted by molar-refractivity contribution is 9.10. The summed E-state index contributed by atoms with van der Waals surface area (Å²) in [5, 5.41) is 20.9. The fraction of sp³-hybridized carbons (Fsp3) is 0.571. The third kappa shape index (κ3) is 5.61. The Morgan fingerprint density at radius 1 is 1.33 bits per heavy atom. The molecule has 1 aromatic carbocycles. The quantitative estimate of drug-likeness (QED) is 0.435. The van der Waals surface area contributed by atoms with Crippen molar-refractivity contribution >= 4 is 21.6 Å². The maximum absolute atomic E-state index is 11.1. The zero-order chi connectivity index (χ0) is 16.0. The summed E-state index contributed by atoms with van der Waals surface area (Å²) in [4.78, 5) is 10.6. The lowest BCUT2D eigenvalue weighted by atomic mass is 10.1. The molecule has 1 N–H and O–H groups in total. The molecule has 0 saturated carbocycles. The lowest BCUT2D eigenvalue weighted by Crippen LogP contribution is -2.12. The molecular weight excluding hydrogens is 342 g/mol. The van der Waals surface area contributed by atoms with E-state index in [9.17, 15) is 15.2 Å². The van der Waals surface area contributed by atoms with Crippen LogP contribution in [0.15, 0.2) is 16.6 Å². The van der Waals surface area contributed by atoms with Crippen molar-refractivity contribution in [1.29, 1.82) is 0 Å². The first-order valence-corrected chi connectivity index (χ1v) is 7.48. The number of hydrogen-bond donors (Lipinski definition) is 1. The highest BCUT2D eigenvalue weighted by atomic mass is 79.9. The summed E-state index contributed by atoms with van der Waals surface area (Å²) >= 11 is 3.20. The van der Waals surface area contributed by atoms with E-state index in [1.54, 1.807) is 6.07 Å². The normalized spacial score (nSPS) is 12.5. The summed E-state index contributed by atoms with van der Waals surface area (Å²) in [6.07, 6.45) is -0.868. The van der Waals surface area contributed by atoms with Crippen molar-refractivity contribution in [3.05, 3.63) is 32.3 Å². The van der Waals surface area contributed by atoms with E-state index in [1.165, 1.54) is 13.0 Å². The zero-order valence-corrected chi connectivity index (χ0v) is 13.9. The number of aliphatic hydroxyl groups excluding tert-OH is 1. The van der Waals surface area contributed by atoms with Crippen LogP contribution >= 0.6 is 15.9 Å². The fourth-order valence-corrected chi connectivity index (χ4v) is 2.19. The number of nitrogens with zero attached hydrogens (tertiary/aromatic N) is 1. The summed E-state index contributed by atoms with van der Waals surface area (Å²) in [5.74, 6) is 0.506. The number of aliphatic hydroxyl groups is 1. The van der Waals surface area contributed by atoms with Crippen LogP contribution in [-0.4, -0.2) is 29.9 Å². The predicted octanol–water partition coefficient (Wildman–Crippen LogP) is 3.46. The minimum absolute atomic E-state index is 0.0892. The second-order valence-corrected chi connectivity index (χ2v) is 6.01. The van der Waals surface area contributed by atoms with Crippen molar-refractivity contribution in [3.8, 4) is 5.75 Å². The summed E-state index contributed by atoms with van der Waals surface area (Å²) in [6.45, 7) is 6.74. The monoisotopic (exact) mass is 361 g/mol. The third-order valence-electron chi connectivity index (χ3n) is 2.63. The average Bonchev–Trinajstić information content (AvgIpc) is 2.38. The molecule has 1 atom stereocenters. The van der Waals surface area contributed by atoms with Crippen LogP contribution < -0.4 is 4.74 Å². The molecule has 21 heavy (non-hydrogen) atoms. The van der Waals surface area contributed by atoms with Gasteiger partial charge in [0.2, 0.25) is 5.75 Å². The molecule has 1 rings (SSSR count). The molecule has 118 valence electrons. The molecule has 0 aliphatic carbocycles. The average molecular weight is 362 g/mol. The molecule has 0 heterocycles. The summed E-state index contributed by atoms with van der Waals surface area (Å²) in [6, 6.07) is 2.97. The van der Waals surface area contributed by atoms with Gasteiger partial charge in [0.1, 0.15) is 6.61 Å². The van der Waals surface area contributed by atoms with Gasteiger partial charge in [0.15, 0.2) is 0 Å². The van der Waals surface area contributed by atoms with Gasteiger partial charge in [0.25, 0.3) is 0 Å². The van der Waals surface area contributed by atoms with Crippen LogP contribution in [0.4, 0.5) is 5.69 Å². The van der Waals surface area contributed by atoms with Crippen LogP contribution in [0.1, 0.15) is 32.4 Å². The van der Waals surface area contributed by atoms with Crippen LogP contribution in [0.5, 0.6) is 5.75 Å². The Morgan fingerprint density at radius 3 is 2.52 bits per heavy atom. The standard InChI is InChI=1S/C14H20BrNO5/c1-9(2)8-20-4-5-21-14-12(10(3)17)6-11(15)7-13(14)16(18)19/h6-7,9-10,17H,4-5,8H2,1-3H3. The molecule has 0 aromatic heterocycles. The van der Waals surface area contributed by atoms with Crippen molar-refractivity contribution in [1.82, 2.24) is 0 Å². The summed E-state index contributed by atoms with van der Waals surface area (Å²) < 4.78 is 11.4. The highest BCUT2D eigenvalue weighted by Gasteiger charge is 2.23. The van der Waals surface area contributed by atoms with Crippen LogP contribution in [0.25, 0.3) is 0 Å². The van der Waals surface area contributed by atoms with Gasteiger partial charge in [-0.3, -0.25) is 10.1 Å². The van der Waals surface area contributed by atoms with E-state index in [0.717, 1.165) is 0 Å². The van der Waals surface area contributed by atoms with Crippen molar-refractivity contribution < 1.29 is 19.5 Å². The molecule has 0 amide bonds. The number of benzene rings is 1. The largest absolute Gasteiger partial charge is 0.484 e. The van der Waals surface area contributed by atoms with Gasteiger partial charge in [-0.2, -0.15) is 0 Å². The third-order valence-corrected chi connectivity index (χ3v) is 3.09. The Kier molecular flexibility index (Phi) is 7.07. The molecule has 0 aliphatic rings. The molecule has 0 bridgehead atoms. The maximum Gasteiger partial charge on any atom is 0.312 e. The number of hydrogen-bond acceptors (Lipinski definition) is 5. The second-order valence-electron chi connectivity index (χ2n) is 5.09. The second kappa shape index (κ2) is 8.31. The topological polar surface area (TPSA) is 81.8 Å². The number of nitro groups is 1. The van der Waals surface area contributed by atoms with E-state index < -0.39 is 11.0 Å². The Labute approximate surface area is 132 Å². The summed E-state index contributed by atoms with van der Waals surface area (Å²) in [5.41, 5.74) is 0.198. The van der Waals surface area contributed by atoms with Crippen LogP contribution in [0, 0.1) is 16.0 Å². The molecule has 0 saturated heterocycles. The lowest BCUT2D eigenvalue weighted by Gasteiger charge is -2.14. The SMILES string of the molecule is CC(C)COCCOc1c(C(C)O)cc(Br)cc1[N+](=O)[O-]. The Balaban J connectivity index is 2.85. The highest BCUT2D eigenvalue weighted by Crippen LogP contribution is 2.37. The molecule has 0 radical (unpaired) electrons. The Morgan fingerprint density at radius 2 is 2.00 bits per heavy atom. The van der Waals surface area contributed by atoms with E-state index in [4.69, 9.17) is 9.47 Å². The minimum Gasteiger partial charge on any atom is -0.484 e. The van der Waals surface area contributed by atoms with E-state index in [1.807, 2.05) is 13.8 Å². The Bertz CT molecular complexity index is 490. The van der Waals surface area contributed by atoms with Crippen LogP contribution in [0.2, 0.25) is 0 Å². The van der Waals surface area contributed by atoms with Gasteiger partial charge in [0, 0.05) is 22.7 Å². The van der Waals surface area contributed by atoms with Crippen LogP contribution in [-0.2, 0) is 4.74 Å². The molecule has 0 fully saturated rings. The maximum atomic E-state index is 11.1. The van der Waals surface area contributed by atoms with Gasteiger partial charge >= 0.3 is 5.69 Å². The van der Waals surface area contributed by atoms with Gasteiger partial charge in [-0.05, 0) is 18.9 Å². The van der Waals surface area contributed by atoms with E-state index in [-0.39, 0.29) is 18.0 Å². The van der Waals surface area contributed by atoms with Crippen LogP contribution in [0.3, 0.4) is 0 Å². The first kappa shape index (κ1) is 17.9. The van der Waals surface area contributed by atoms with Crippen molar-refractivity contribution in [2.45, 2.75) is 26.9 Å². The predicted molar refractivity (Wildman–Crippen MR) is 82.6 cm³/mol. The minimum atomic E-state index is -0.868. The van der Waals surface area contributed by atoms with Gasteiger partial charge in [-0.25, -0.2) is 0 Å². The fourth-order valence-electron chi connectivity index (χ4n) is 1.72. The molecule has 0 aliphatic heterocycles. The molecule has 0 spiro atoms. The number of halogens is 1. The molecule has 7 heteroatoms. The first-order chi connectivity index (χ1) is 9.82. The zero-order valence-electron chi connectivity index (χ0n) is 12.3. The van der Waals surface area contributed by atoms with E-state index in [2.05, 4.69) is 15.9 Å². The van der Waals surface area contributed by atoms with Crippen molar-refractivity contribution in [3.63, 3.8) is 0 Å². The number of nitro benzene ring substituents is 1. The van der Waals surface area contributed by atoms with Gasteiger partial charge < -0.3 is 14.6 Å². The van der Waals surface area contributed by atoms with E-state index >= 15 is 0 Å².